The number of amidine groups is 1. The van der Waals surface area contributed by atoms with Crippen LogP contribution in [0.25, 0.3) is 0 Å². The minimum absolute atomic E-state index is 0.00634. The Bertz CT molecular complexity index is 889. The topological polar surface area (TPSA) is 99.1 Å². The molecule has 1 N–H and O–H groups in total. The molecule has 8 nitrogen and oxygen atoms in total. The molecule has 2 aliphatic heterocycles. The number of amides is 2. The molecule has 9 heteroatoms. The van der Waals surface area contributed by atoms with Crippen molar-refractivity contribution in [2.45, 2.75) is 44.0 Å². The van der Waals surface area contributed by atoms with Crippen LogP contribution >= 0.6 is 0 Å². The molecule has 1 saturated heterocycles. The number of carbonyl (C=O) groups is 2. The third-order valence-electron chi connectivity index (χ3n) is 5.10. The fourth-order valence-corrected chi connectivity index (χ4v) is 4.72. The molecular weight excluding hydrogens is 380 g/mol. The van der Waals surface area contributed by atoms with E-state index >= 15 is 0 Å². The number of fused-ring (bicyclic) bond motifs is 1. The number of hydrogen-bond donors (Lipinski definition) is 1. The van der Waals surface area contributed by atoms with Crippen LogP contribution in [0, 0.1) is 0 Å². The van der Waals surface area contributed by atoms with E-state index in [4.69, 9.17) is 0 Å². The number of sulfonamides is 1. The van der Waals surface area contributed by atoms with Crippen LogP contribution in [0.5, 0.6) is 0 Å². The predicted octanol–water partition coefficient (Wildman–Crippen LogP) is 0.975. The molecule has 2 heterocycles. The zero-order valence-electron chi connectivity index (χ0n) is 16.2. The lowest BCUT2D eigenvalue weighted by molar-refractivity contribution is -0.139. The van der Waals surface area contributed by atoms with E-state index in [1.165, 1.54) is 13.0 Å². The summed E-state index contributed by atoms with van der Waals surface area (Å²) in [5, 5.41) is 0. The number of benzene rings is 1. The van der Waals surface area contributed by atoms with Gasteiger partial charge in [0.25, 0.3) is 10.0 Å². The molecule has 0 aliphatic carbocycles. The summed E-state index contributed by atoms with van der Waals surface area (Å²) < 4.78 is 27.1. The van der Waals surface area contributed by atoms with Gasteiger partial charge in [0.2, 0.25) is 11.8 Å². The zero-order chi connectivity index (χ0) is 20.3. The number of unbranched alkanes of at least 4 members (excludes halogenated alkanes) is 1. The van der Waals surface area contributed by atoms with E-state index in [1.54, 1.807) is 28.0 Å². The van der Waals surface area contributed by atoms with Crippen LogP contribution in [0.1, 0.15) is 38.7 Å². The van der Waals surface area contributed by atoms with E-state index in [0.717, 1.165) is 12.8 Å². The van der Waals surface area contributed by atoms with Crippen molar-refractivity contribution in [3.63, 3.8) is 0 Å². The summed E-state index contributed by atoms with van der Waals surface area (Å²) in [6.07, 6.45) is 2.28. The van der Waals surface area contributed by atoms with Crippen LogP contribution in [0.4, 0.5) is 0 Å². The Morgan fingerprint density at radius 3 is 2.43 bits per heavy atom. The fourth-order valence-electron chi connectivity index (χ4n) is 3.48. The summed E-state index contributed by atoms with van der Waals surface area (Å²) in [7, 11) is -3.64. The number of carbonyl (C=O) groups excluding carboxylic acids is 2. The van der Waals surface area contributed by atoms with Gasteiger partial charge in [0.05, 0.1) is 4.90 Å². The van der Waals surface area contributed by atoms with Crippen molar-refractivity contribution < 1.29 is 18.0 Å². The molecule has 0 aromatic heterocycles. The summed E-state index contributed by atoms with van der Waals surface area (Å²) >= 11 is 0. The second-order valence-corrected chi connectivity index (χ2v) is 8.72. The summed E-state index contributed by atoms with van der Waals surface area (Å²) in [6, 6.07) is 5.99. The minimum atomic E-state index is -3.64. The van der Waals surface area contributed by atoms with Crippen molar-refractivity contribution >= 4 is 27.7 Å². The highest BCUT2D eigenvalue weighted by atomic mass is 32.2. The predicted molar refractivity (Wildman–Crippen MR) is 105 cm³/mol. The van der Waals surface area contributed by atoms with Gasteiger partial charge >= 0.3 is 0 Å². The van der Waals surface area contributed by atoms with E-state index in [1.807, 2.05) is 6.92 Å². The van der Waals surface area contributed by atoms with Crippen molar-refractivity contribution in [3.05, 3.63) is 29.8 Å². The molecule has 152 valence electrons. The Labute approximate surface area is 165 Å². The lowest BCUT2D eigenvalue weighted by Crippen LogP contribution is -2.52. The first-order chi connectivity index (χ1) is 13.3. The van der Waals surface area contributed by atoms with Gasteiger partial charge in [0.15, 0.2) is 0 Å². The lowest BCUT2D eigenvalue weighted by Gasteiger charge is -2.35. The highest BCUT2D eigenvalue weighted by Gasteiger charge is 2.33. The highest BCUT2D eigenvalue weighted by Crippen LogP contribution is 2.23. The minimum Gasteiger partial charge on any atom is -0.339 e. The maximum absolute atomic E-state index is 13.1. The Hall–Kier alpha value is -2.42. The third kappa shape index (κ3) is 4.19. The number of rotatable bonds is 5. The van der Waals surface area contributed by atoms with Gasteiger partial charge in [0.1, 0.15) is 11.9 Å². The van der Waals surface area contributed by atoms with Crippen molar-refractivity contribution in [2.75, 3.05) is 26.2 Å². The SMILES string of the molecule is CCCCC(N=C1NS(=O)(=O)c2ccccc21)C(=O)N1CCN(C(C)=O)CC1. The number of hydrogen-bond acceptors (Lipinski definition) is 5. The molecule has 2 amide bonds. The maximum Gasteiger partial charge on any atom is 0.263 e. The van der Waals surface area contributed by atoms with E-state index in [0.29, 0.717) is 38.2 Å². The Kier molecular flexibility index (Phi) is 6.02. The average Bonchev–Trinajstić information content (AvgIpc) is 2.95. The van der Waals surface area contributed by atoms with E-state index < -0.39 is 16.1 Å². The van der Waals surface area contributed by atoms with E-state index in [2.05, 4.69) is 9.71 Å². The van der Waals surface area contributed by atoms with Crippen LogP contribution in [-0.4, -0.2) is 68.1 Å². The zero-order valence-corrected chi connectivity index (χ0v) is 17.0. The second-order valence-electron chi connectivity index (χ2n) is 7.07. The molecule has 0 saturated carbocycles. The van der Waals surface area contributed by atoms with Crippen LogP contribution < -0.4 is 4.72 Å². The van der Waals surface area contributed by atoms with Gasteiger partial charge in [0, 0.05) is 38.7 Å². The molecule has 1 aromatic rings. The smallest absolute Gasteiger partial charge is 0.263 e. The number of aliphatic imine (C=N–C) groups is 1. The van der Waals surface area contributed by atoms with Crippen LogP contribution in [0.2, 0.25) is 0 Å². The highest BCUT2D eigenvalue weighted by molar-refractivity contribution is 7.90. The molecule has 1 aromatic carbocycles. The van der Waals surface area contributed by atoms with Gasteiger partial charge in [-0.1, -0.05) is 31.9 Å². The molecule has 0 bridgehead atoms. The van der Waals surface area contributed by atoms with Crippen LogP contribution in [0.3, 0.4) is 0 Å². The third-order valence-corrected chi connectivity index (χ3v) is 6.50. The molecule has 1 atom stereocenters. The van der Waals surface area contributed by atoms with Crippen molar-refractivity contribution in [2.24, 2.45) is 4.99 Å². The summed E-state index contributed by atoms with van der Waals surface area (Å²) in [5.74, 6) is 0.118. The molecule has 3 rings (SSSR count). The summed E-state index contributed by atoms with van der Waals surface area (Å²) in [6.45, 7) is 5.51. The summed E-state index contributed by atoms with van der Waals surface area (Å²) in [5.41, 5.74) is 0.498. The van der Waals surface area contributed by atoms with Gasteiger partial charge in [-0.15, -0.1) is 0 Å². The van der Waals surface area contributed by atoms with E-state index in [9.17, 15) is 18.0 Å². The van der Waals surface area contributed by atoms with Crippen LogP contribution in [-0.2, 0) is 19.6 Å². The molecule has 0 spiro atoms. The van der Waals surface area contributed by atoms with Gasteiger partial charge < -0.3 is 9.80 Å². The quantitative estimate of drug-likeness (QED) is 0.788. The molecule has 1 fully saturated rings. The Balaban J connectivity index is 1.82. The van der Waals surface area contributed by atoms with Gasteiger partial charge in [-0.2, -0.15) is 0 Å². The molecule has 2 aliphatic rings. The first-order valence-electron chi connectivity index (χ1n) is 9.58. The monoisotopic (exact) mass is 406 g/mol. The molecule has 0 radical (unpaired) electrons. The fraction of sp³-hybridized carbons (Fsp3) is 0.526. The lowest BCUT2D eigenvalue weighted by atomic mass is 10.1. The van der Waals surface area contributed by atoms with Crippen molar-refractivity contribution in [1.82, 2.24) is 14.5 Å². The Morgan fingerprint density at radius 2 is 1.79 bits per heavy atom. The normalized spacial score (nSPS) is 20.6. The maximum atomic E-state index is 13.1. The van der Waals surface area contributed by atoms with Gasteiger partial charge in [-0.05, 0) is 18.6 Å². The average molecular weight is 407 g/mol. The van der Waals surface area contributed by atoms with Crippen molar-refractivity contribution in [3.8, 4) is 0 Å². The van der Waals surface area contributed by atoms with Crippen molar-refractivity contribution in [1.29, 1.82) is 0 Å². The first kappa shape index (κ1) is 20.3. The largest absolute Gasteiger partial charge is 0.339 e. The number of nitrogens with one attached hydrogen (secondary N) is 1. The molecular formula is C19H26N4O4S. The second kappa shape index (κ2) is 8.30. The number of piperazine rings is 1. The number of nitrogens with zero attached hydrogens (tertiary/aromatic N) is 3. The Morgan fingerprint density at radius 1 is 1.14 bits per heavy atom. The standard InChI is InChI=1S/C19H26N4O4S/c1-3-4-8-16(19(25)23-12-10-22(11-13-23)14(2)24)20-18-15-7-5-6-9-17(15)28(26,27)21-18/h5-7,9,16H,3-4,8,10-13H2,1-2H3,(H,20,21). The van der Waals surface area contributed by atoms with Gasteiger partial charge in [-0.3, -0.25) is 19.3 Å². The first-order valence-corrected chi connectivity index (χ1v) is 11.1. The van der Waals surface area contributed by atoms with Crippen LogP contribution in [0.15, 0.2) is 34.2 Å². The van der Waals surface area contributed by atoms with E-state index in [-0.39, 0.29) is 22.5 Å². The molecule has 1 unspecified atom stereocenters. The summed E-state index contributed by atoms with van der Waals surface area (Å²) in [4.78, 5) is 32.7. The van der Waals surface area contributed by atoms with Gasteiger partial charge in [-0.25, -0.2) is 8.42 Å². The molecule has 28 heavy (non-hydrogen) atoms.